The molecule has 29 heavy (non-hydrogen) atoms. The molecule has 1 aromatic heterocycles. The van der Waals surface area contributed by atoms with Crippen LogP contribution in [0.25, 0.3) is 0 Å². The van der Waals surface area contributed by atoms with Crippen molar-refractivity contribution in [3.05, 3.63) is 52.3 Å². The molecule has 0 bridgehead atoms. The number of fused-ring (bicyclic) bond motifs is 1. The number of carbonyl (C=O) groups is 2. The number of likely N-dealkylation sites (tertiary alicyclic amines) is 1. The lowest BCUT2D eigenvalue weighted by Crippen LogP contribution is -2.34. The van der Waals surface area contributed by atoms with E-state index in [9.17, 15) is 9.59 Å². The van der Waals surface area contributed by atoms with Gasteiger partial charge in [0.1, 0.15) is 0 Å². The summed E-state index contributed by atoms with van der Waals surface area (Å²) in [6.07, 6.45) is 3.64. The third kappa shape index (κ3) is 3.79. The molecule has 0 unspecified atom stereocenters. The Bertz CT molecular complexity index is 938. The van der Waals surface area contributed by atoms with Crippen LogP contribution in [0.4, 0.5) is 4.79 Å². The van der Waals surface area contributed by atoms with Crippen LogP contribution in [-0.2, 0) is 11.3 Å². The topological polar surface area (TPSA) is 84.7 Å². The molecular weight excluding hydrogens is 370 g/mol. The monoisotopic (exact) mass is 397 g/mol. The van der Waals surface area contributed by atoms with Crippen LogP contribution in [0, 0.1) is 32.6 Å². The Hall–Kier alpha value is -2.67. The minimum Gasteiger partial charge on any atom is -0.476 e. The summed E-state index contributed by atoms with van der Waals surface area (Å²) >= 11 is 0. The van der Waals surface area contributed by atoms with Crippen molar-refractivity contribution in [2.45, 2.75) is 46.3 Å². The second-order valence-electron chi connectivity index (χ2n) is 8.38. The van der Waals surface area contributed by atoms with E-state index in [0.29, 0.717) is 37.1 Å². The van der Waals surface area contributed by atoms with E-state index < -0.39 is 5.97 Å². The van der Waals surface area contributed by atoms with Crippen LogP contribution in [-0.4, -0.2) is 51.0 Å². The first-order valence-electron chi connectivity index (χ1n) is 10.1. The van der Waals surface area contributed by atoms with Crippen molar-refractivity contribution < 1.29 is 19.4 Å². The Morgan fingerprint density at radius 3 is 2.45 bits per heavy atom. The molecule has 0 radical (unpaired) electrons. The largest absolute Gasteiger partial charge is 0.476 e. The molecular formula is C22H27N3O4. The minimum absolute atomic E-state index is 0.0716. The Labute approximate surface area is 170 Å². The van der Waals surface area contributed by atoms with Crippen molar-refractivity contribution in [1.82, 2.24) is 14.7 Å². The highest BCUT2D eigenvalue weighted by atomic mass is 16.5. The molecule has 1 saturated heterocycles. The Morgan fingerprint density at radius 1 is 1.14 bits per heavy atom. The molecule has 4 rings (SSSR count). The second kappa shape index (κ2) is 7.63. The molecule has 1 aromatic carbocycles. The van der Waals surface area contributed by atoms with Gasteiger partial charge in [-0.25, -0.2) is 9.59 Å². The second-order valence-corrected chi connectivity index (χ2v) is 8.38. The number of benzene rings is 1. The average molecular weight is 397 g/mol. The first-order chi connectivity index (χ1) is 13.8. The van der Waals surface area contributed by atoms with Crippen molar-refractivity contribution in [2.75, 3.05) is 13.1 Å². The maximum atomic E-state index is 12.7. The Morgan fingerprint density at radius 2 is 1.83 bits per heavy atom. The number of ether oxygens (including phenoxy) is 1. The van der Waals surface area contributed by atoms with Crippen molar-refractivity contribution in [3.63, 3.8) is 0 Å². The van der Waals surface area contributed by atoms with E-state index in [2.05, 4.69) is 37.1 Å². The zero-order valence-corrected chi connectivity index (χ0v) is 17.1. The summed E-state index contributed by atoms with van der Waals surface area (Å²) in [5.74, 6) is -0.257. The van der Waals surface area contributed by atoms with Gasteiger partial charge in [0.05, 0.1) is 12.7 Å². The predicted octanol–water partition coefficient (Wildman–Crippen LogP) is 3.40. The van der Waals surface area contributed by atoms with Crippen LogP contribution < -0.4 is 0 Å². The Kier molecular flexibility index (Phi) is 5.17. The molecule has 0 spiro atoms. The van der Waals surface area contributed by atoms with Crippen LogP contribution in [0.5, 0.6) is 0 Å². The van der Waals surface area contributed by atoms with E-state index in [-0.39, 0.29) is 17.8 Å². The number of amides is 1. The number of carbonyl (C=O) groups excluding carboxylic acids is 1. The molecule has 2 fully saturated rings. The van der Waals surface area contributed by atoms with Crippen LogP contribution in [0.1, 0.15) is 45.6 Å². The van der Waals surface area contributed by atoms with E-state index >= 15 is 0 Å². The molecule has 1 saturated carbocycles. The van der Waals surface area contributed by atoms with Crippen molar-refractivity contribution in [1.29, 1.82) is 0 Å². The summed E-state index contributed by atoms with van der Waals surface area (Å²) < 4.78 is 7.36. The van der Waals surface area contributed by atoms with E-state index in [4.69, 9.17) is 9.84 Å². The zero-order valence-electron chi connectivity index (χ0n) is 17.1. The van der Waals surface area contributed by atoms with Gasteiger partial charge in [-0.3, -0.25) is 0 Å². The third-order valence-electron chi connectivity index (χ3n) is 6.47. The molecule has 3 atom stereocenters. The van der Waals surface area contributed by atoms with E-state index in [0.717, 1.165) is 17.5 Å². The average Bonchev–Trinajstić information content (AvgIpc) is 3.35. The van der Waals surface area contributed by atoms with Gasteiger partial charge in [-0.05, 0) is 62.1 Å². The highest BCUT2D eigenvalue weighted by molar-refractivity contribution is 5.88. The van der Waals surface area contributed by atoms with Gasteiger partial charge in [-0.2, -0.15) is 9.78 Å². The van der Waals surface area contributed by atoms with E-state index in [1.807, 2.05) is 0 Å². The lowest BCUT2D eigenvalue weighted by Gasteiger charge is -2.19. The lowest BCUT2D eigenvalue weighted by molar-refractivity contribution is 0.0380. The SMILES string of the molecule is Cc1cn(C(=O)N2C[C@H]3C[C@H](OCc4cccc(C)c4C)C[C@H]3C2)nc1C(=O)O. The number of rotatable bonds is 4. The normalized spacial score (nSPS) is 23.4. The van der Waals surface area contributed by atoms with Gasteiger partial charge in [0.2, 0.25) is 0 Å². The van der Waals surface area contributed by atoms with Crippen molar-refractivity contribution in [2.24, 2.45) is 11.8 Å². The maximum Gasteiger partial charge on any atom is 0.356 e. The van der Waals surface area contributed by atoms with E-state index in [1.54, 1.807) is 11.8 Å². The number of aromatic carboxylic acids is 1. The summed E-state index contributed by atoms with van der Waals surface area (Å²) in [7, 11) is 0. The fraction of sp³-hybridized carbons (Fsp3) is 0.500. The predicted molar refractivity (Wildman–Crippen MR) is 107 cm³/mol. The van der Waals surface area contributed by atoms with Gasteiger partial charge in [0, 0.05) is 24.8 Å². The standard InChI is InChI=1S/C22H27N3O4/c1-13-5-4-6-16(15(13)3)12-29-19-7-17-10-24(11-18(17)8-19)22(28)25-9-14(2)20(23-25)21(26)27/h4-6,9,17-19H,7-8,10-12H2,1-3H3,(H,26,27)/t17-,18+,19+. The molecule has 1 aliphatic carbocycles. The highest BCUT2D eigenvalue weighted by Crippen LogP contribution is 2.40. The first-order valence-corrected chi connectivity index (χ1v) is 10.1. The summed E-state index contributed by atoms with van der Waals surface area (Å²) in [6.45, 7) is 7.88. The lowest BCUT2D eigenvalue weighted by atomic mass is 10.0. The fourth-order valence-electron chi connectivity index (χ4n) is 4.63. The molecule has 2 heterocycles. The van der Waals surface area contributed by atoms with E-state index in [1.165, 1.54) is 22.9 Å². The minimum atomic E-state index is -1.11. The van der Waals surface area contributed by atoms with Crippen LogP contribution in [0.15, 0.2) is 24.4 Å². The van der Waals surface area contributed by atoms with Gasteiger partial charge in [-0.1, -0.05) is 18.2 Å². The number of carboxylic acids is 1. The quantitative estimate of drug-likeness (QED) is 0.855. The summed E-state index contributed by atoms with van der Waals surface area (Å²) in [5, 5.41) is 13.1. The smallest absolute Gasteiger partial charge is 0.356 e. The molecule has 2 aliphatic rings. The van der Waals surface area contributed by atoms with Gasteiger partial charge in [0.15, 0.2) is 5.69 Å². The first kappa shape index (κ1) is 19.6. The van der Waals surface area contributed by atoms with Gasteiger partial charge >= 0.3 is 12.0 Å². The summed E-state index contributed by atoms with van der Waals surface area (Å²) in [6, 6.07) is 6.06. The van der Waals surface area contributed by atoms with Crippen LogP contribution in [0.2, 0.25) is 0 Å². The number of carboxylic acid groups (broad SMARTS) is 1. The molecule has 7 nitrogen and oxygen atoms in total. The van der Waals surface area contributed by atoms with Crippen LogP contribution in [0.3, 0.4) is 0 Å². The number of aryl methyl sites for hydroxylation is 2. The zero-order chi connectivity index (χ0) is 20.7. The van der Waals surface area contributed by atoms with Gasteiger partial charge < -0.3 is 14.7 Å². The molecule has 7 heteroatoms. The molecule has 1 amide bonds. The van der Waals surface area contributed by atoms with Crippen LogP contribution >= 0.6 is 0 Å². The number of hydrogen-bond donors (Lipinski definition) is 1. The molecule has 2 aromatic rings. The third-order valence-corrected chi connectivity index (χ3v) is 6.47. The highest BCUT2D eigenvalue weighted by Gasteiger charge is 2.43. The molecule has 154 valence electrons. The molecule has 1 aliphatic heterocycles. The number of aromatic nitrogens is 2. The Balaban J connectivity index is 1.33. The fourth-order valence-corrected chi connectivity index (χ4v) is 4.63. The number of nitrogens with zero attached hydrogens (tertiary/aromatic N) is 3. The molecule has 1 N–H and O–H groups in total. The van der Waals surface area contributed by atoms with Crippen molar-refractivity contribution in [3.8, 4) is 0 Å². The maximum absolute atomic E-state index is 12.7. The number of hydrogen-bond acceptors (Lipinski definition) is 4. The summed E-state index contributed by atoms with van der Waals surface area (Å²) in [5.41, 5.74) is 4.23. The van der Waals surface area contributed by atoms with Gasteiger partial charge in [0.25, 0.3) is 0 Å². The van der Waals surface area contributed by atoms with Gasteiger partial charge in [-0.15, -0.1) is 0 Å². The summed E-state index contributed by atoms with van der Waals surface area (Å²) in [4.78, 5) is 25.7. The van der Waals surface area contributed by atoms with Crippen molar-refractivity contribution >= 4 is 12.0 Å².